The van der Waals surface area contributed by atoms with Gasteiger partial charge in [-0.05, 0) is 49.6 Å². The Hall–Kier alpha value is -2.80. The molecule has 6 nitrogen and oxygen atoms in total. The fraction of sp³-hybridized carbons (Fsp3) is 0.391. The Bertz CT molecular complexity index is 929. The van der Waals surface area contributed by atoms with Crippen molar-refractivity contribution >= 4 is 40.4 Å². The van der Waals surface area contributed by atoms with Crippen LogP contribution in [0.5, 0.6) is 0 Å². The number of hydrogen-bond donors (Lipinski definition) is 2. The maximum Gasteiger partial charge on any atom is 0.227 e. The average Bonchev–Trinajstić information content (AvgIpc) is 3.50. The number of thiophene rings is 1. The van der Waals surface area contributed by atoms with Crippen molar-refractivity contribution in [1.82, 2.24) is 5.32 Å². The fourth-order valence-electron chi connectivity index (χ4n) is 2.92. The number of anilines is 1. The average molecular weight is 427 g/mol. The molecule has 2 aromatic rings. The molecule has 2 amide bonds. The van der Waals surface area contributed by atoms with Crippen LogP contribution < -0.4 is 10.6 Å². The zero-order valence-corrected chi connectivity index (χ0v) is 17.8. The fourth-order valence-corrected chi connectivity index (χ4v) is 3.76. The highest BCUT2D eigenvalue weighted by atomic mass is 32.1. The maximum absolute atomic E-state index is 12.0. The molecule has 0 radical (unpaired) electrons. The molecule has 1 fully saturated rings. The van der Waals surface area contributed by atoms with Crippen LogP contribution in [0.25, 0.3) is 0 Å². The third-order valence-corrected chi connectivity index (χ3v) is 5.98. The molecular formula is C23H26N2O4S. The van der Waals surface area contributed by atoms with Crippen molar-refractivity contribution in [1.29, 1.82) is 0 Å². The number of rotatable bonds is 11. The van der Waals surface area contributed by atoms with Gasteiger partial charge in [-0.3, -0.25) is 19.2 Å². The first kappa shape index (κ1) is 21.9. The largest absolute Gasteiger partial charge is 0.352 e. The number of benzene rings is 1. The smallest absolute Gasteiger partial charge is 0.227 e. The maximum atomic E-state index is 12.0. The molecule has 1 aliphatic carbocycles. The topological polar surface area (TPSA) is 92.3 Å². The van der Waals surface area contributed by atoms with Gasteiger partial charge in [0.25, 0.3) is 0 Å². The van der Waals surface area contributed by atoms with Crippen LogP contribution in [-0.2, 0) is 20.9 Å². The van der Waals surface area contributed by atoms with E-state index in [1.165, 1.54) is 11.3 Å². The van der Waals surface area contributed by atoms with Crippen molar-refractivity contribution in [3.05, 3.63) is 51.7 Å². The molecule has 158 valence electrons. The lowest BCUT2D eigenvalue weighted by Gasteiger charge is -2.07. The highest BCUT2D eigenvalue weighted by Gasteiger charge is 2.29. The first-order valence-electron chi connectivity index (χ1n) is 10.2. The summed E-state index contributed by atoms with van der Waals surface area (Å²) in [5.74, 6) is -0.0857. The van der Waals surface area contributed by atoms with Gasteiger partial charge in [0.15, 0.2) is 5.78 Å². The van der Waals surface area contributed by atoms with Gasteiger partial charge in [-0.15, -0.1) is 11.3 Å². The van der Waals surface area contributed by atoms with Gasteiger partial charge in [-0.25, -0.2) is 0 Å². The molecule has 1 saturated carbocycles. The van der Waals surface area contributed by atoms with Gasteiger partial charge in [0.1, 0.15) is 5.78 Å². The van der Waals surface area contributed by atoms with E-state index in [-0.39, 0.29) is 55.0 Å². The molecule has 30 heavy (non-hydrogen) atoms. The number of carbonyl (C=O) groups is 4. The van der Waals surface area contributed by atoms with E-state index in [1.54, 1.807) is 6.07 Å². The molecule has 0 unspecified atom stereocenters. The van der Waals surface area contributed by atoms with E-state index >= 15 is 0 Å². The molecule has 3 rings (SSSR count). The van der Waals surface area contributed by atoms with Crippen molar-refractivity contribution in [2.75, 3.05) is 5.32 Å². The van der Waals surface area contributed by atoms with E-state index in [2.05, 4.69) is 10.6 Å². The molecular weight excluding hydrogens is 400 g/mol. The molecule has 0 aliphatic heterocycles. The molecule has 1 heterocycles. The lowest BCUT2D eigenvalue weighted by Crippen LogP contribution is -2.23. The summed E-state index contributed by atoms with van der Waals surface area (Å²) in [4.78, 5) is 49.5. The summed E-state index contributed by atoms with van der Waals surface area (Å²) < 4.78 is 0. The van der Waals surface area contributed by atoms with Gasteiger partial charge in [-0.2, -0.15) is 0 Å². The van der Waals surface area contributed by atoms with Crippen molar-refractivity contribution in [2.24, 2.45) is 5.92 Å². The van der Waals surface area contributed by atoms with Crippen LogP contribution in [0.2, 0.25) is 0 Å². The monoisotopic (exact) mass is 426 g/mol. The van der Waals surface area contributed by atoms with Crippen molar-refractivity contribution in [3.8, 4) is 0 Å². The normalized spacial score (nSPS) is 13.0. The summed E-state index contributed by atoms with van der Waals surface area (Å²) in [6.45, 7) is 2.30. The van der Waals surface area contributed by atoms with E-state index in [9.17, 15) is 19.2 Å². The number of aryl methyl sites for hydroxylation is 1. The molecule has 0 spiro atoms. The highest BCUT2D eigenvalue weighted by Crippen LogP contribution is 2.30. The van der Waals surface area contributed by atoms with E-state index in [1.807, 2.05) is 37.3 Å². The second-order valence-corrected chi connectivity index (χ2v) is 8.90. The predicted octanol–water partition coefficient (Wildman–Crippen LogP) is 4.03. The number of hydrogen-bond acceptors (Lipinski definition) is 5. The van der Waals surface area contributed by atoms with Crippen LogP contribution in [0, 0.1) is 12.8 Å². The van der Waals surface area contributed by atoms with Crippen molar-refractivity contribution < 1.29 is 19.2 Å². The Morgan fingerprint density at radius 3 is 2.27 bits per heavy atom. The summed E-state index contributed by atoms with van der Waals surface area (Å²) in [6, 6.07) is 11.0. The Morgan fingerprint density at radius 1 is 0.933 bits per heavy atom. The second-order valence-electron chi connectivity index (χ2n) is 7.61. The van der Waals surface area contributed by atoms with E-state index in [0.717, 1.165) is 29.0 Å². The predicted molar refractivity (Wildman–Crippen MR) is 117 cm³/mol. The van der Waals surface area contributed by atoms with Crippen LogP contribution >= 0.6 is 11.3 Å². The minimum atomic E-state index is -0.199. The second kappa shape index (κ2) is 10.3. The summed E-state index contributed by atoms with van der Waals surface area (Å²) >= 11 is 1.43. The first-order valence-corrected chi connectivity index (χ1v) is 11.0. The highest BCUT2D eigenvalue weighted by molar-refractivity contribution is 7.14. The third-order valence-electron chi connectivity index (χ3n) is 4.94. The summed E-state index contributed by atoms with van der Waals surface area (Å²) in [6.07, 6.45) is 2.52. The van der Waals surface area contributed by atoms with E-state index in [0.29, 0.717) is 11.4 Å². The molecule has 0 saturated heterocycles. The molecule has 1 aromatic heterocycles. The van der Waals surface area contributed by atoms with Crippen molar-refractivity contribution in [2.45, 2.75) is 52.0 Å². The van der Waals surface area contributed by atoms with E-state index in [4.69, 9.17) is 0 Å². The zero-order valence-electron chi connectivity index (χ0n) is 17.0. The van der Waals surface area contributed by atoms with Gasteiger partial charge in [0.2, 0.25) is 11.8 Å². The van der Waals surface area contributed by atoms with Gasteiger partial charge in [0.05, 0.1) is 4.88 Å². The quantitative estimate of drug-likeness (QED) is 0.531. The number of Topliss-reactive ketones (excluding diaryl/α,β-unsaturated/α-hetero) is 2. The molecule has 7 heteroatoms. The number of amides is 2. The minimum Gasteiger partial charge on any atom is -0.352 e. The van der Waals surface area contributed by atoms with Gasteiger partial charge in [-0.1, -0.05) is 12.1 Å². The van der Waals surface area contributed by atoms with Crippen molar-refractivity contribution in [3.63, 3.8) is 0 Å². The van der Waals surface area contributed by atoms with Gasteiger partial charge < -0.3 is 10.6 Å². The zero-order chi connectivity index (χ0) is 21.5. The number of nitrogens with one attached hydrogen (secondary N) is 2. The number of carbonyl (C=O) groups excluding carboxylic acids is 4. The molecule has 0 atom stereocenters. The first-order chi connectivity index (χ1) is 14.4. The van der Waals surface area contributed by atoms with Gasteiger partial charge in [0, 0.05) is 48.7 Å². The lowest BCUT2D eigenvalue weighted by molar-refractivity contribution is -0.125. The number of ketones is 2. The Morgan fingerprint density at radius 2 is 1.63 bits per heavy atom. The molecule has 1 aliphatic rings. The lowest BCUT2D eigenvalue weighted by atomic mass is 10.1. The van der Waals surface area contributed by atoms with Crippen LogP contribution in [0.3, 0.4) is 0 Å². The molecule has 0 bridgehead atoms. The summed E-state index contributed by atoms with van der Waals surface area (Å²) in [5.41, 5.74) is 1.66. The third kappa shape index (κ3) is 6.91. The summed E-state index contributed by atoms with van der Waals surface area (Å²) in [5, 5.41) is 5.67. The van der Waals surface area contributed by atoms with Crippen LogP contribution in [0.1, 0.15) is 58.6 Å². The molecule has 2 N–H and O–H groups in total. The summed E-state index contributed by atoms with van der Waals surface area (Å²) in [7, 11) is 0. The SMILES string of the molecule is Cc1ccc(C(=O)CCC(=O)CCC(=O)NCc2ccc(NC(=O)C3CC3)cc2)s1. The van der Waals surface area contributed by atoms with Crippen LogP contribution in [0.4, 0.5) is 5.69 Å². The van der Waals surface area contributed by atoms with Crippen LogP contribution in [0.15, 0.2) is 36.4 Å². The Labute approximate surface area is 180 Å². The Balaban J connectivity index is 1.31. The standard InChI is InChI=1S/C23H26N2O4S/c1-15-2-12-21(30-15)20(27)11-9-19(26)10-13-22(28)24-14-16-3-7-18(8-4-16)25-23(29)17-5-6-17/h2-4,7-8,12,17H,5-6,9-11,13-14H2,1H3,(H,24,28)(H,25,29). The van der Waals surface area contributed by atoms with E-state index < -0.39 is 0 Å². The van der Waals surface area contributed by atoms with Gasteiger partial charge >= 0.3 is 0 Å². The van der Waals surface area contributed by atoms with Crippen LogP contribution in [-0.4, -0.2) is 23.4 Å². The molecule has 1 aromatic carbocycles. The minimum absolute atomic E-state index is 0.0253. The Kier molecular flexibility index (Phi) is 7.52.